The highest BCUT2D eigenvalue weighted by Gasteiger charge is 2.21. The molecule has 0 aromatic carbocycles. The molecule has 0 spiro atoms. The van der Waals surface area contributed by atoms with Crippen molar-refractivity contribution in [2.45, 2.75) is 46.6 Å². The van der Waals surface area contributed by atoms with Crippen molar-refractivity contribution in [1.82, 2.24) is 9.78 Å². The average molecular weight is 182 g/mol. The van der Waals surface area contributed by atoms with Crippen LogP contribution < -0.4 is 0 Å². The number of hydrogen-bond acceptors (Lipinski definition) is 2. The van der Waals surface area contributed by atoms with Gasteiger partial charge in [0.2, 0.25) is 5.88 Å². The van der Waals surface area contributed by atoms with E-state index in [0.29, 0.717) is 5.88 Å². The molecule has 74 valence electrons. The fraction of sp³-hybridized carbons (Fsp3) is 0.700. The van der Waals surface area contributed by atoms with Gasteiger partial charge in [-0.2, -0.15) is 5.10 Å². The molecule has 0 bridgehead atoms. The summed E-state index contributed by atoms with van der Waals surface area (Å²) in [6.07, 6.45) is 0.864. The van der Waals surface area contributed by atoms with Gasteiger partial charge in [0.15, 0.2) is 0 Å². The quantitative estimate of drug-likeness (QED) is 0.723. The van der Waals surface area contributed by atoms with E-state index in [0.717, 1.165) is 17.7 Å². The van der Waals surface area contributed by atoms with E-state index >= 15 is 0 Å². The van der Waals surface area contributed by atoms with Crippen LogP contribution in [0.3, 0.4) is 0 Å². The van der Waals surface area contributed by atoms with E-state index in [4.69, 9.17) is 0 Å². The summed E-state index contributed by atoms with van der Waals surface area (Å²) in [4.78, 5) is 0. The third kappa shape index (κ3) is 1.69. The van der Waals surface area contributed by atoms with E-state index in [9.17, 15) is 5.11 Å². The van der Waals surface area contributed by atoms with E-state index in [1.54, 1.807) is 4.68 Å². The summed E-state index contributed by atoms with van der Waals surface area (Å²) >= 11 is 0. The lowest BCUT2D eigenvalue weighted by Gasteiger charge is -2.19. The van der Waals surface area contributed by atoms with Crippen LogP contribution in [-0.2, 0) is 12.0 Å². The zero-order valence-electron chi connectivity index (χ0n) is 9.05. The van der Waals surface area contributed by atoms with Gasteiger partial charge in [-0.05, 0) is 34.1 Å². The molecule has 0 radical (unpaired) electrons. The Labute approximate surface area is 79.4 Å². The van der Waals surface area contributed by atoms with Gasteiger partial charge in [0.1, 0.15) is 0 Å². The Hall–Kier alpha value is -0.990. The molecular formula is C10H18N2O. The molecule has 0 unspecified atom stereocenters. The highest BCUT2D eigenvalue weighted by Crippen LogP contribution is 2.26. The molecule has 1 rings (SSSR count). The van der Waals surface area contributed by atoms with E-state index in [-0.39, 0.29) is 5.54 Å². The second-order valence-electron chi connectivity index (χ2n) is 4.33. The molecule has 0 aliphatic carbocycles. The van der Waals surface area contributed by atoms with Crippen molar-refractivity contribution in [3.05, 3.63) is 11.3 Å². The van der Waals surface area contributed by atoms with E-state index in [1.165, 1.54) is 0 Å². The van der Waals surface area contributed by atoms with Crippen LogP contribution >= 0.6 is 0 Å². The number of aromatic nitrogens is 2. The molecule has 1 heterocycles. The highest BCUT2D eigenvalue weighted by molar-refractivity contribution is 5.29. The van der Waals surface area contributed by atoms with Gasteiger partial charge in [-0.25, -0.2) is 4.68 Å². The zero-order valence-corrected chi connectivity index (χ0v) is 9.05. The minimum Gasteiger partial charge on any atom is -0.493 e. The summed E-state index contributed by atoms with van der Waals surface area (Å²) in [5.41, 5.74) is 1.73. The first-order chi connectivity index (χ1) is 5.88. The molecule has 1 N–H and O–H groups in total. The molecule has 0 amide bonds. The van der Waals surface area contributed by atoms with Crippen LogP contribution in [-0.4, -0.2) is 14.9 Å². The molecule has 13 heavy (non-hydrogen) atoms. The summed E-state index contributed by atoms with van der Waals surface area (Å²) in [5, 5.41) is 14.2. The van der Waals surface area contributed by atoms with Crippen molar-refractivity contribution >= 4 is 0 Å². The van der Waals surface area contributed by atoms with Crippen LogP contribution in [0.15, 0.2) is 0 Å². The SMILES string of the molecule is CCc1nn(C(C)(C)C)c(O)c1C. The molecule has 0 aliphatic rings. The summed E-state index contributed by atoms with van der Waals surface area (Å²) in [5.74, 6) is 0.296. The Balaban J connectivity index is 3.25. The maximum absolute atomic E-state index is 9.79. The smallest absolute Gasteiger partial charge is 0.213 e. The molecule has 0 atom stereocenters. The first-order valence-electron chi connectivity index (χ1n) is 4.66. The van der Waals surface area contributed by atoms with Crippen molar-refractivity contribution in [3.63, 3.8) is 0 Å². The van der Waals surface area contributed by atoms with Crippen LogP contribution in [0.5, 0.6) is 5.88 Å². The predicted octanol–water partition coefficient (Wildman–Crippen LogP) is 2.21. The highest BCUT2D eigenvalue weighted by atomic mass is 16.3. The monoisotopic (exact) mass is 182 g/mol. The molecule has 0 aliphatic heterocycles. The minimum absolute atomic E-state index is 0.151. The maximum Gasteiger partial charge on any atom is 0.213 e. The number of rotatable bonds is 1. The Kier molecular flexibility index (Phi) is 2.37. The summed E-state index contributed by atoms with van der Waals surface area (Å²) in [6.45, 7) is 10.0. The second-order valence-corrected chi connectivity index (χ2v) is 4.33. The van der Waals surface area contributed by atoms with E-state index in [2.05, 4.69) is 5.10 Å². The zero-order chi connectivity index (χ0) is 10.2. The third-order valence-electron chi connectivity index (χ3n) is 2.16. The van der Waals surface area contributed by atoms with Gasteiger partial charge in [0, 0.05) is 5.56 Å². The lowest BCUT2D eigenvalue weighted by atomic mass is 10.1. The third-order valence-corrected chi connectivity index (χ3v) is 2.16. The molecule has 3 heteroatoms. The van der Waals surface area contributed by atoms with Crippen LogP contribution in [0.4, 0.5) is 0 Å². The first-order valence-corrected chi connectivity index (χ1v) is 4.66. The van der Waals surface area contributed by atoms with Gasteiger partial charge in [0.25, 0.3) is 0 Å². The molecule has 0 saturated heterocycles. The standard InChI is InChI=1S/C10H18N2O/c1-6-8-7(2)9(13)12(11-8)10(3,4)5/h13H,6H2,1-5H3. The lowest BCUT2D eigenvalue weighted by Crippen LogP contribution is -2.22. The molecule has 0 saturated carbocycles. The van der Waals surface area contributed by atoms with Gasteiger partial charge in [0.05, 0.1) is 11.2 Å². The van der Waals surface area contributed by atoms with Gasteiger partial charge in [-0.15, -0.1) is 0 Å². The summed E-state index contributed by atoms with van der Waals surface area (Å²) < 4.78 is 1.68. The molecular weight excluding hydrogens is 164 g/mol. The van der Waals surface area contributed by atoms with Gasteiger partial charge >= 0.3 is 0 Å². The van der Waals surface area contributed by atoms with E-state index < -0.39 is 0 Å². The maximum atomic E-state index is 9.79. The molecule has 1 aromatic rings. The largest absolute Gasteiger partial charge is 0.493 e. The number of hydrogen-bond donors (Lipinski definition) is 1. The van der Waals surface area contributed by atoms with Crippen molar-refractivity contribution in [1.29, 1.82) is 0 Å². The predicted molar refractivity (Wildman–Crippen MR) is 53.0 cm³/mol. The van der Waals surface area contributed by atoms with Gasteiger partial charge < -0.3 is 5.11 Å². The van der Waals surface area contributed by atoms with E-state index in [1.807, 2.05) is 34.6 Å². The molecule has 3 nitrogen and oxygen atoms in total. The van der Waals surface area contributed by atoms with Crippen molar-refractivity contribution < 1.29 is 5.11 Å². The fourth-order valence-corrected chi connectivity index (χ4v) is 1.33. The van der Waals surface area contributed by atoms with Crippen LogP contribution in [0.2, 0.25) is 0 Å². The number of nitrogens with zero attached hydrogens (tertiary/aromatic N) is 2. The van der Waals surface area contributed by atoms with Crippen molar-refractivity contribution in [2.75, 3.05) is 0 Å². The Morgan fingerprint density at radius 2 is 1.92 bits per heavy atom. The number of aryl methyl sites for hydroxylation is 1. The average Bonchev–Trinajstić information content (AvgIpc) is 2.28. The van der Waals surface area contributed by atoms with Crippen LogP contribution in [0.1, 0.15) is 39.0 Å². The van der Waals surface area contributed by atoms with Gasteiger partial charge in [-0.3, -0.25) is 0 Å². The molecule has 1 aromatic heterocycles. The second kappa shape index (κ2) is 3.05. The van der Waals surface area contributed by atoms with Crippen LogP contribution in [0.25, 0.3) is 0 Å². The van der Waals surface area contributed by atoms with Crippen molar-refractivity contribution in [2.24, 2.45) is 0 Å². The first kappa shape index (κ1) is 10.1. The molecule has 0 fully saturated rings. The topological polar surface area (TPSA) is 38.0 Å². The lowest BCUT2D eigenvalue weighted by molar-refractivity contribution is 0.293. The summed E-state index contributed by atoms with van der Waals surface area (Å²) in [6, 6.07) is 0. The summed E-state index contributed by atoms with van der Waals surface area (Å²) in [7, 11) is 0. The Bertz CT molecular complexity index is 307. The Morgan fingerprint density at radius 1 is 1.38 bits per heavy atom. The van der Waals surface area contributed by atoms with Crippen molar-refractivity contribution in [3.8, 4) is 5.88 Å². The number of aromatic hydroxyl groups is 1. The Morgan fingerprint density at radius 3 is 2.15 bits per heavy atom. The van der Waals surface area contributed by atoms with Crippen LogP contribution in [0, 0.1) is 6.92 Å². The normalized spacial score (nSPS) is 12.1. The fourth-order valence-electron chi connectivity index (χ4n) is 1.33. The van der Waals surface area contributed by atoms with Gasteiger partial charge in [-0.1, -0.05) is 6.92 Å². The minimum atomic E-state index is -0.151.